The lowest BCUT2D eigenvalue weighted by molar-refractivity contribution is 0.0698. The summed E-state index contributed by atoms with van der Waals surface area (Å²) in [6.07, 6.45) is 5.19. The molecule has 0 spiro atoms. The summed E-state index contributed by atoms with van der Waals surface area (Å²) < 4.78 is 16.1. The standard InChI is InChI=1S/C18H32N4O3/c1-19-18(20-8-6-11-24-14-13-23-2)21-15-16(17-7-5-12-25-17)22-9-3-4-10-22/h5,7,12,16H,3-4,6,8-11,13-15H2,1-2H3,(H2,19,20,21). The second-order valence-electron chi connectivity index (χ2n) is 6.11. The normalized spacial score (nSPS) is 17.0. The molecular weight excluding hydrogens is 320 g/mol. The summed E-state index contributed by atoms with van der Waals surface area (Å²) in [4.78, 5) is 6.77. The molecule has 1 aromatic rings. The van der Waals surface area contributed by atoms with Crippen LogP contribution in [0.2, 0.25) is 0 Å². The Morgan fingerprint density at radius 1 is 1.28 bits per heavy atom. The van der Waals surface area contributed by atoms with Gasteiger partial charge in [0.2, 0.25) is 0 Å². The molecule has 0 aliphatic carbocycles. The van der Waals surface area contributed by atoms with Gasteiger partial charge in [-0.25, -0.2) is 0 Å². The van der Waals surface area contributed by atoms with Gasteiger partial charge in [-0.1, -0.05) is 0 Å². The molecule has 7 nitrogen and oxygen atoms in total. The summed E-state index contributed by atoms with van der Waals surface area (Å²) in [5.41, 5.74) is 0. The fourth-order valence-corrected chi connectivity index (χ4v) is 2.98. The van der Waals surface area contributed by atoms with Gasteiger partial charge < -0.3 is 24.5 Å². The number of aliphatic imine (C=N–C) groups is 1. The average molecular weight is 352 g/mol. The Morgan fingerprint density at radius 2 is 2.12 bits per heavy atom. The van der Waals surface area contributed by atoms with Crippen molar-refractivity contribution in [3.8, 4) is 0 Å². The van der Waals surface area contributed by atoms with E-state index in [1.807, 2.05) is 6.07 Å². The smallest absolute Gasteiger partial charge is 0.191 e. The number of likely N-dealkylation sites (tertiary alicyclic amines) is 1. The lowest BCUT2D eigenvalue weighted by atomic mass is 10.2. The highest BCUT2D eigenvalue weighted by Crippen LogP contribution is 2.24. The largest absolute Gasteiger partial charge is 0.468 e. The monoisotopic (exact) mass is 352 g/mol. The second kappa shape index (κ2) is 11.9. The molecule has 25 heavy (non-hydrogen) atoms. The number of methoxy groups -OCH3 is 1. The minimum absolute atomic E-state index is 0.244. The van der Waals surface area contributed by atoms with Gasteiger partial charge in [0.05, 0.1) is 25.5 Å². The summed E-state index contributed by atoms with van der Waals surface area (Å²) in [6, 6.07) is 4.25. The van der Waals surface area contributed by atoms with Crippen LogP contribution in [0.1, 0.15) is 31.1 Å². The zero-order valence-corrected chi connectivity index (χ0v) is 15.5. The molecule has 0 saturated carbocycles. The molecule has 1 atom stereocenters. The topological polar surface area (TPSA) is 71.3 Å². The highest BCUT2D eigenvalue weighted by atomic mass is 16.5. The van der Waals surface area contributed by atoms with Crippen molar-refractivity contribution >= 4 is 5.96 Å². The number of nitrogens with one attached hydrogen (secondary N) is 2. The van der Waals surface area contributed by atoms with Crippen LogP contribution in [0.25, 0.3) is 0 Å². The number of guanidine groups is 1. The maximum absolute atomic E-state index is 5.65. The van der Waals surface area contributed by atoms with E-state index in [0.29, 0.717) is 13.2 Å². The van der Waals surface area contributed by atoms with E-state index in [1.165, 1.54) is 12.8 Å². The van der Waals surface area contributed by atoms with E-state index in [2.05, 4.69) is 26.6 Å². The fraction of sp³-hybridized carbons (Fsp3) is 0.722. The molecule has 1 fully saturated rings. The molecule has 0 aromatic carbocycles. The summed E-state index contributed by atoms with van der Waals surface area (Å²) in [5.74, 6) is 1.82. The van der Waals surface area contributed by atoms with Gasteiger partial charge in [-0.15, -0.1) is 0 Å². The van der Waals surface area contributed by atoms with Crippen molar-refractivity contribution in [3.63, 3.8) is 0 Å². The highest BCUT2D eigenvalue weighted by molar-refractivity contribution is 5.79. The maximum Gasteiger partial charge on any atom is 0.191 e. The van der Waals surface area contributed by atoms with Crippen molar-refractivity contribution in [1.82, 2.24) is 15.5 Å². The molecule has 1 aliphatic heterocycles. The van der Waals surface area contributed by atoms with Gasteiger partial charge in [-0.3, -0.25) is 9.89 Å². The van der Waals surface area contributed by atoms with Crippen LogP contribution in [0.3, 0.4) is 0 Å². The first kappa shape index (κ1) is 19.8. The Bertz CT molecular complexity index is 473. The molecule has 2 rings (SSSR count). The molecule has 1 aliphatic rings. The van der Waals surface area contributed by atoms with Crippen LogP contribution in [0.4, 0.5) is 0 Å². The minimum Gasteiger partial charge on any atom is -0.468 e. The maximum atomic E-state index is 5.65. The number of hydrogen-bond acceptors (Lipinski definition) is 5. The molecule has 0 bridgehead atoms. The summed E-state index contributed by atoms with van der Waals surface area (Å²) in [6.45, 7) is 5.84. The van der Waals surface area contributed by atoms with Gasteiger partial charge in [-0.2, -0.15) is 0 Å². The third kappa shape index (κ3) is 7.05. The van der Waals surface area contributed by atoms with Gasteiger partial charge >= 0.3 is 0 Å². The van der Waals surface area contributed by atoms with Crippen LogP contribution in [-0.4, -0.2) is 71.0 Å². The van der Waals surface area contributed by atoms with E-state index >= 15 is 0 Å². The molecule has 2 heterocycles. The van der Waals surface area contributed by atoms with Crippen molar-refractivity contribution < 1.29 is 13.9 Å². The van der Waals surface area contributed by atoms with E-state index in [-0.39, 0.29) is 6.04 Å². The van der Waals surface area contributed by atoms with Crippen molar-refractivity contribution in [2.45, 2.75) is 25.3 Å². The molecule has 1 aromatic heterocycles. The van der Waals surface area contributed by atoms with Crippen molar-refractivity contribution in [2.75, 3.05) is 60.2 Å². The van der Waals surface area contributed by atoms with Crippen LogP contribution in [-0.2, 0) is 9.47 Å². The lowest BCUT2D eigenvalue weighted by Crippen LogP contribution is -2.43. The molecule has 0 amide bonds. The Kier molecular flexibility index (Phi) is 9.40. The Hall–Kier alpha value is -1.57. The quantitative estimate of drug-likeness (QED) is 0.358. The lowest BCUT2D eigenvalue weighted by Gasteiger charge is -2.26. The van der Waals surface area contributed by atoms with Gasteiger partial charge in [0.15, 0.2) is 5.96 Å². The Labute approximate surface area is 150 Å². The molecule has 1 unspecified atom stereocenters. The van der Waals surface area contributed by atoms with Crippen LogP contribution < -0.4 is 10.6 Å². The number of rotatable bonds is 11. The predicted octanol–water partition coefficient (Wildman–Crippen LogP) is 1.63. The third-order valence-electron chi connectivity index (χ3n) is 4.33. The SMILES string of the molecule is CN=C(NCCCOCCOC)NCC(c1ccco1)N1CCCC1. The molecule has 0 radical (unpaired) electrons. The Balaban J connectivity index is 1.70. The van der Waals surface area contributed by atoms with Gasteiger partial charge in [0, 0.05) is 33.9 Å². The number of nitrogens with zero attached hydrogens (tertiary/aromatic N) is 2. The van der Waals surface area contributed by atoms with Crippen molar-refractivity contribution in [1.29, 1.82) is 0 Å². The number of hydrogen-bond donors (Lipinski definition) is 2. The first-order valence-electron chi connectivity index (χ1n) is 9.13. The van der Waals surface area contributed by atoms with E-state index in [1.54, 1.807) is 20.4 Å². The summed E-state index contributed by atoms with van der Waals surface area (Å²) in [5, 5.41) is 6.75. The zero-order chi connectivity index (χ0) is 17.7. The highest BCUT2D eigenvalue weighted by Gasteiger charge is 2.25. The van der Waals surface area contributed by atoms with Crippen LogP contribution in [0.15, 0.2) is 27.8 Å². The van der Waals surface area contributed by atoms with Crippen molar-refractivity contribution in [3.05, 3.63) is 24.2 Å². The fourth-order valence-electron chi connectivity index (χ4n) is 2.98. The number of furan rings is 1. The van der Waals surface area contributed by atoms with Gasteiger partial charge in [0.1, 0.15) is 5.76 Å². The van der Waals surface area contributed by atoms with Crippen molar-refractivity contribution in [2.24, 2.45) is 4.99 Å². The van der Waals surface area contributed by atoms with Gasteiger partial charge in [-0.05, 0) is 44.5 Å². The molecule has 7 heteroatoms. The van der Waals surface area contributed by atoms with Crippen LogP contribution >= 0.6 is 0 Å². The molecule has 1 saturated heterocycles. The van der Waals surface area contributed by atoms with E-state index in [0.717, 1.165) is 50.9 Å². The van der Waals surface area contributed by atoms with E-state index in [9.17, 15) is 0 Å². The first-order valence-corrected chi connectivity index (χ1v) is 9.13. The van der Waals surface area contributed by atoms with Crippen LogP contribution in [0, 0.1) is 0 Å². The third-order valence-corrected chi connectivity index (χ3v) is 4.33. The first-order chi connectivity index (χ1) is 12.3. The number of ether oxygens (including phenoxy) is 2. The molecule has 2 N–H and O–H groups in total. The van der Waals surface area contributed by atoms with E-state index in [4.69, 9.17) is 13.9 Å². The second-order valence-corrected chi connectivity index (χ2v) is 6.11. The predicted molar refractivity (Wildman–Crippen MR) is 98.9 cm³/mol. The Morgan fingerprint density at radius 3 is 2.80 bits per heavy atom. The minimum atomic E-state index is 0.244. The summed E-state index contributed by atoms with van der Waals surface area (Å²) >= 11 is 0. The molecular formula is C18H32N4O3. The average Bonchev–Trinajstić information content (AvgIpc) is 3.33. The zero-order valence-electron chi connectivity index (χ0n) is 15.5. The van der Waals surface area contributed by atoms with Gasteiger partial charge in [0.25, 0.3) is 0 Å². The van der Waals surface area contributed by atoms with Crippen LogP contribution in [0.5, 0.6) is 0 Å². The van der Waals surface area contributed by atoms with E-state index < -0.39 is 0 Å². The molecule has 142 valence electrons. The summed E-state index contributed by atoms with van der Waals surface area (Å²) in [7, 11) is 3.47.